The lowest BCUT2D eigenvalue weighted by molar-refractivity contribution is -0.140. The molecular weight excluding hydrogens is 230 g/mol. The molecule has 1 unspecified atom stereocenters. The second-order valence-corrected chi connectivity index (χ2v) is 4.59. The number of nitrogens with one attached hydrogen (secondary N) is 1. The van der Waals surface area contributed by atoms with E-state index in [0.717, 1.165) is 25.0 Å². The fourth-order valence-corrected chi connectivity index (χ4v) is 2.26. The van der Waals surface area contributed by atoms with Gasteiger partial charge in [0.05, 0.1) is 6.10 Å². The van der Waals surface area contributed by atoms with Crippen molar-refractivity contribution < 1.29 is 14.6 Å². The van der Waals surface area contributed by atoms with Gasteiger partial charge in [0.2, 0.25) is 0 Å². The molecule has 1 saturated carbocycles. The largest absolute Gasteiger partial charge is 0.480 e. The van der Waals surface area contributed by atoms with Gasteiger partial charge >= 0.3 is 5.97 Å². The molecular formula is C14H19NO3. The van der Waals surface area contributed by atoms with Crippen LogP contribution in [0.4, 0.5) is 0 Å². The van der Waals surface area contributed by atoms with Crippen molar-refractivity contribution in [1.29, 1.82) is 0 Å². The maximum Gasteiger partial charge on any atom is 0.325 e. The van der Waals surface area contributed by atoms with Gasteiger partial charge in [0.25, 0.3) is 0 Å². The molecule has 0 bridgehead atoms. The van der Waals surface area contributed by atoms with Gasteiger partial charge in [-0.1, -0.05) is 30.3 Å². The van der Waals surface area contributed by atoms with E-state index in [4.69, 9.17) is 4.74 Å². The lowest BCUT2D eigenvalue weighted by atomic mass is 9.88. The average molecular weight is 249 g/mol. The molecule has 1 aromatic rings. The first-order valence-electron chi connectivity index (χ1n) is 6.36. The predicted octanol–water partition coefficient (Wildman–Crippen LogP) is 1.97. The van der Waals surface area contributed by atoms with E-state index < -0.39 is 12.0 Å². The van der Waals surface area contributed by atoms with Crippen LogP contribution in [0, 0.1) is 0 Å². The Morgan fingerprint density at radius 2 is 2.11 bits per heavy atom. The second kappa shape index (κ2) is 5.98. The quantitative estimate of drug-likeness (QED) is 0.809. The summed E-state index contributed by atoms with van der Waals surface area (Å²) in [6.45, 7) is 2.70. The Kier molecular flexibility index (Phi) is 4.33. The zero-order chi connectivity index (χ0) is 13.0. The van der Waals surface area contributed by atoms with Crippen molar-refractivity contribution in [3.63, 3.8) is 0 Å². The second-order valence-electron chi connectivity index (χ2n) is 4.59. The van der Waals surface area contributed by atoms with Gasteiger partial charge in [0.15, 0.2) is 0 Å². The summed E-state index contributed by atoms with van der Waals surface area (Å²) in [4.78, 5) is 11.3. The first-order valence-corrected chi connectivity index (χ1v) is 6.36. The Morgan fingerprint density at radius 3 is 2.67 bits per heavy atom. The number of hydrogen-bond acceptors (Lipinski definition) is 3. The molecule has 18 heavy (non-hydrogen) atoms. The smallest absolute Gasteiger partial charge is 0.325 e. The molecule has 1 aliphatic rings. The maximum atomic E-state index is 11.3. The van der Waals surface area contributed by atoms with Crippen molar-refractivity contribution in [2.24, 2.45) is 0 Å². The number of hydrogen-bond donors (Lipinski definition) is 2. The summed E-state index contributed by atoms with van der Waals surface area (Å²) in [5, 5.41) is 12.4. The van der Waals surface area contributed by atoms with Gasteiger partial charge in [-0.2, -0.15) is 0 Å². The number of aliphatic carboxylic acids is 1. The minimum Gasteiger partial charge on any atom is -0.480 e. The summed E-state index contributed by atoms with van der Waals surface area (Å²) in [6, 6.07) is 8.89. The molecule has 0 aromatic heterocycles. The molecule has 1 atom stereocenters. The van der Waals surface area contributed by atoms with Crippen LogP contribution in [-0.4, -0.2) is 29.8 Å². The number of carbonyl (C=O) groups is 1. The Hall–Kier alpha value is -1.39. The molecule has 0 heterocycles. The van der Waals surface area contributed by atoms with E-state index in [9.17, 15) is 9.90 Å². The van der Waals surface area contributed by atoms with Gasteiger partial charge in [-0.3, -0.25) is 10.1 Å². The number of benzene rings is 1. The molecule has 4 heteroatoms. The van der Waals surface area contributed by atoms with Crippen molar-refractivity contribution >= 4 is 5.97 Å². The van der Waals surface area contributed by atoms with E-state index in [0.29, 0.717) is 0 Å². The molecule has 0 spiro atoms. The number of ether oxygens (including phenoxy) is 1. The van der Waals surface area contributed by atoms with Crippen molar-refractivity contribution in [2.75, 3.05) is 6.61 Å². The highest BCUT2D eigenvalue weighted by atomic mass is 16.5. The highest BCUT2D eigenvalue weighted by Crippen LogP contribution is 2.26. The van der Waals surface area contributed by atoms with E-state index in [2.05, 4.69) is 5.32 Å². The fraction of sp³-hybridized carbons (Fsp3) is 0.500. The van der Waals surface area contributed by atoms with Crippen LogP contribution in [0.5, 0.6) is 0 Å². The van der Waals surface area contributed by atoms with Gasteiger partial charge < -0.3 is 9.84 Å². The minimum absolute atomic E-state index is 0.239. The van der Waals surface area contributed by atoms with Crippen molar-refractivity contribution in [3.05, 3.63) is 35.9 Å². The van der Waals surface area contributed by atoms with Crippen LogP contribution in [-0.2, 0) is 9.53 Å². The van der Waals surface area contributed by atoms with Crippen LogP contribution in [0.25, 0.3) is 0 Å². The van der Waals surface area contributed by atoms with Crippen molar-refractivity contribution in [3.8, 4) is 0 Å². The minimum atomic E-state index is -0.832. The number of carboxylic acid groups (broad SMARTS) is 1. The Bertz CT molecular complexity index is 387. The van der Waals surface area contributed by atoms with Crippen LogP contribution in [0.2, 0.25) is 0 Å². The van der Waals surface area contributed by atoms with Crippen LogP contribution < -0.4 is 5.32 Å². The third-order valence-electron chi connectivity index (χ3n) is 3.28. The van der Waals surface area contributed by atoms with Crippen LogP contribution in [0.3, 0.4) is 0 Å². The molecule has 0 radical (unpaired) electrons. The van der Waals surface area contributed by atoms with Crippen LogP contribution >= 0.6 is 0 Å². The summed E-state index contributed by atoms with van der Waals surface area (Å²) in [7, 11) is 0. The predicted molar refractivity (Wildman–Crippen MR) is 68.4 cm³/mol. The van der Waals surface area contributed by atoms with Gasteiger partial charge in [-0.15, -0.1) is 0 Å². The third-order valence-corrected chi connectivity index (χ3v) is 3.28. The topological polar surface area (TPSA) is 58.6 Å². The normalized spacial score (nSPS) is 24.3. The molecule has 4 nitrogen and oxygen atoms in total. The van der Waals surface area contributed by atoms with Crippen LogP contribution in [0.1, 0.15) is 31.4 Å². The zero-order valence-corrected chi connectivity index (χ0v) is 10.5. The molecule has 2 rings (SSSR count). The Labute approximate surface area is 107 Å². The average Bonchev–Trinajstić information content (AvgIpc) is 2.32. The molecule has 2 N–H and O–H groups in total. The number of rotatable bonds is 6. The lowest BCUT2D eigenvalue weighted by Gasteiger charge is -2.37. The zero-order valence-electron chi connectivity index (χ0n) is 10.5. The van der Waals surface area contributed by atoms with E-state index in [1.54, 1.807) is 0 Å². The van der Waals surface area contributed by atoms with E-state index in [1.165, 1.54) is 0 Å². The molecule has 1 fully saturated rings. The van der Waals surface area contributed by atoms with Crippen molar-refractivity contribution in [1.82, 2.24) is 5.32 Å². The SMILES string of the molecule is CCOC1CC(NC(C(=O)O)c2ccccc2)C1. The van der Waals surface area contributed by atoms with Crippen molar-refractivity contribution in [2.45, 2.75) is 38.0 Å². The van der Waals surface area contributed by atoms with E-state index in [1.807, 2.05) is 37.3 Å². The monoisotopic (exact) mass is 249 g/mol. The van der Waals surface area contributed by atoms with Crippen LogP contribution in [0.15, 0.2) is 30.3 Å². The Morgan fingerprint density at radius 1 is 1.44 bits per heavy atom. The van der Waals surface area contributed by atoms with Gasteiger partial charge in [0.1, 0.15) is 6.04 Å². The Balaban J connectivity index is 1.91. The summed E-state index contributed by atoms with van der Waals surface area (Å²) >= 11 is 0. The van der Waals surface area contributed by atoms with Gasteiger partial charge in [0, 0.05) is 12.6 Å². The summed E-state index contributed by atoms with van der Waals surface area (Å²) < 4.78 is 5.47. The summed E-state index contributed by atoms with van der Waals surface area (Å²) in [5.74, 6) is -0.832. The van der Waals surface area contributed by atoms with Gasteiger partial charge in [-0.25, -0.2) is 0 Å². The first kappa shape index (κ1) is 13.1. The van der Waals surface area contributed by atoms with E-state index >= 15 is 0 Å². The third kappa shape index (κ3) is 3.09. The highest BCUT2D eigenvalue weighted by molar-refractivity contribution is 5.75. The number of carboxylic acids is 1. The molecule has 0 saturated heterocycles. The van der Waals surface area contributed by atoms with E-state index in [-0.39, 0.29) is 12.1 Å². The van der Waals surface area contributed by atoms with Gasteiger partial charge in [-0.05, 0) is 25.3 Å². The highest BCUT2D eigenvalue weighted by Gasteiger charge is 2.33. The summed E-state index contributed by atoms with van der Waals surface area (Å²) in [5.41, 5.74) is 0.796. The molecule has 1 aliphatic carbocycles. The maximum absolute atomic E-state index is 11.3. The molecule has 0 amide bonds. The molecule has 0 aliphatic heterocycles. The standard InChI is InChI=1S/C14H19NO3/c1-2-18-12-8-11(9-12)15-13(14(16)17)10-6-4-3-5-7-10/h3-7,11-13,15H,2,8-9H2,1H3,(H,16,17). The lowest BCUT2D eigenvalue weighted by Crippen LogP contribution is -2.48. The molecule has 98 valence electrons. The molecule has 1 aromatic carbocycles. The fourth-order valence-electron chi connectivity index (χ4n) is 2.26. The summed E-state index contributed by atoms with van der Waals surface area (Å²) in [6.07, 6.45) is 2.08. The first-order chi connectivity index (χ1) is 8.70.